The van der Waals surface area contributed by atoms with Crippen LogP contribution in [0.15, 0.2) is 18.2 Å². The van der Waals surface area contributed by atoms with Gasteiger partial charge in [0.1, 0.15) is 11.5 Å². The van der Waals surface area contributed by atoms with Gasteiger partial charge in [-0.3, -0.25) is 0 Å². The van der Waals surface area contributed by atoms with Crippen LogP contribution < -0.4 is 14.8 Å². The molecule has 0 fully saturated rings. The Balaban J connectivity index is 2.94. The first-order valence-electron chi connectivity index (χ1n) is 8.10. The lowest BCUT2D eigenvalue weighted by Crippen LogP contribution is -2.24. The van der Waals surface area contributed by atoms with Crippen LogP contribution in [0.25, 0.3) is 0 Å². The van der Waals surface area contributed by atoms with E-state index in [9.17, 15) is 0 Å². The Morgan fingerprint density at radius 1 is 1.00 bits per heavy atom. The average Bonchev–Trinajstić information content (AvgIpc) is 2.51. The Hall–Kier alpha value is -1.22. The first kappa shape index (κ1) is 17.8. The first-order chi connectivity index (χ1) is 10.1. The summed E-state index contributed by atoms with van der Waals surface area (Å²) in [5, 5.41) is 3.67. The zero-order chi connectivity index (χ0) is 15.7. The molecule has 1 aromatic carbocycles. The van der Waals surface area contributed by atoms with Gasteiger partial charge in [-0.15, -0.1) is 0 Å². The number of benzene rings is 1. The Bertz CT molecular complexity index is 384. The van der Waals surface area contributed by atoms with Crippen LogP contribution in [0.1, 0.15) is 58.1 Å². The lowest BCUT2D eigenvalue weighted by atomic mass is 9.92. The molecule has 21 heavy (non-hydrogen) atoms. The van der Waals surface area contributed by atoms with E-state index in [1.807, 2.05) is 6.07 Å². The van der Waals surface area contributed by atoms with Gasteiger partial charge >= 0.3 is 0 Å². The lowest BCUT2D eigenvalue weighted by Gasteiger charge is -2.23. The Kier molecular flexibility index (Phi) is 8.21. The summed E-state index contributed by atoms with van der Waals surface area (Å²) in [6.45, 7) is 7.82. The van der Waals surface area contributed by atoms with Crippen molar-refractivity contribution in [2.24, 2.45) is 5.92 Å². The third-order valence-electron chi connectivity index (χ3n) is 3.84. The van der Waals surface area contributed by atoms with Crippen molar-refractivity contribution in [3.05, 3.63) is 23.8 Å². The molecule has 0 spiro atoms. The number of rotatable bonds is 10. The highest BCUT2D eigenvalue weighted by atomic mass is 16.5. The molecule has 0 saturated carbocycles. The molecule has 0 aliphatic rings. The number of ether oxygens (including phenoxy) is 2. The fourth-order valence-electron chi connectivity index (χ4n) is 2.70. The summed E-state index contributed by atoms with van der Waals surface area (Å²) in [6.07, 6.45) is 4.79. The van der Waals surface area contributed by atoms with E-state index in [0.29, 0.717) is 12.0 Å². The van der Waals surface area contributed by atoms with Crippen LogP contribution in [0.2, 0.25) is 0 Å². The Labute approximate surface area is 130 Å². The van der Waals surface area contributed by atoms with Gasteiger partial charge in [-0.2, -0.15) is 0 Å². The van der Waals surface area contributed by atoms with E-state index < -0.39 is 0 Å². The van der Waals surface area contributed by atoms with Crippen LogP contribution >= 0.6 is 0 Å². The van der Waals surface area contributed by atoms with Crippen molar-refractivity contribution in [1.29, 1.82) is 0 Å². The molecule has 0 amide bonds. The summed E-state index contributed by atoms with van der Waals surface area (Å²) < 4.78 is 10.8. The van der Waals surface area contributed by atoms with E-state index in [4.69, 9.17) is 9.47 Å². The summed E-state index contributed by atoms with van der Waals surface area (Å²) >= 11 is 0. The highest BCUT2D eigenvalue weighted by Crippen LogP contribution is 2.30. The van der Waals surface area contributed by atoms with Crippen molar-refractivity contribution in [3.8, 4) is 11.5 Å². The van der Waals surface area contributed by atoms with Crippen LogP contribution in [0.3, 0.4) is 0 Å². The van der Waals surface area contributed by atoms with Gasteiger partial charge in [-0.05, 0) is 43.0 Å². The molecule has 0 saturated heterocycles. The molecule has 0 bridgehead atoms. The minimum Gasteiger partial charge on any atom is -0.497 e. The van der Waals surface area contributed by atoms with Crippen molar-refractivity contribution in [1.82, 2.24) is 5.32 Å². The molecule has 1 aromatic rings. The highest BCUT2D eigenvalue weighted by molar-refractivity contribution is 5.39. The summed E-state index contributed by atoms with van der Waals surface area (Å²) in [5.74, 6) is 2.42. The quantitative estimate of drug-likeness (QED) is 0.685. The molecule has 0 aliphatic carbocycles. The normalized spacial score (nSPS) is 13.8. The second kappa shape index (κ2) is 9.67. The second-order valence-electron chi connectivity index (χ2n) is 5.78. The van der Waals surface area contributed by atoms with Crippen LogP contribution in [-0.4, -0.2) is 20.8 Å². The van der Waals surface area contributed by atoms with E-state index >= 15 is 0 Å². The van der Waals surface area contributed by atoms with Crippen molar-refractivity contribution in [3.63, 3.8) is 0 Å². The van der Waals surface area contributed by atoms with Gasteiger partial charge in [0.15, 0.2) is 0 Å². The summed E-state index contributed by atoms with van der Waals surface area (Å²) in [5.41, 5.74) is 1.25. The van der Waals surface area contributed by atoms with Gasteiger partial charge < -0.3 is 14.8 Å². The van der Waals surface area contributed by atoms with Crippen molar-refractivity contribution in [2.75, 3.05) is 20.8 Å². The first-order valence-corrected chi connectivity index (χ1v) is 8.10. The molecule has 120 valence electrons. The van der Waals surface area contributed by atoms with Crippen LogP contribution in [-0.2, 0) is 0 Å². The zero-order valence-electron chi connectivity index (χ0n) is 14.2. The summed E-state index contributed by atoms with van der Waals surface area (Å²) in [6, 6.07) is 6.52. The largest absolute Gasteiger partial charge is 0.497 e. The fourth-order valence-corrected chi connectivity index (χ4v) is 2.70. The Morgan fingerprint density at radius 2 is 1.62 bits per heavy atom. The lowest BCUT2D eigenvalue weighted by molar-refractivity contribution is 0.376. The van der Waals surface area contributed by atoms with E-state index in [0.717, 1.165) is 30.9 Å². The zero-order valence-corrected chi connectivity index (χ0v) is 14.2. The predicted molar refractivity (Wildman–Crippen MR) is 89.3 cm³/mol. The van der Waals surface area contributed by atoms with Crippen molar-refractivity contribution >= 4 is 0 Å². The van der Waals surface area contributed by atoms with Gasteiger partial charge in [-0.25, -0.2) is 0 Å². The van der Waals surface area contributed by atoms with E-state index in [-0.39, 0.29) is 0 Å². The van der Waals surface area contributed by atoms with Crippen molar-refractivity contribution in [2.45, 2.75) is 52.5 Å². The minimum atomic E-state index is 0.357. The van der Waals surface area contributed by atoms with Gasteiger partial charge in [0, 0.05) is 12.1 Å². The third-order valence-corrected chi connectivity index (χ3v) is 3.84. The molecule has 0 aliphatic heterocycles. The maximum absolute atomic E-state index is 5.40. The van der Waals surface area contributed by atoms with Crippen LogP contribution in [0, 0.1) is 5.92 Å². The number of hydrogen-bond donors (Lipinski definition) is 1. The number of hydrogen-bond acceptors (Lipinski definition) is 3. The van der Waals surface area contributed by atoms with Crippen LogP contribution in [0.5, 0.6) is 11.5 Å². The van der Waals surface area contributed by atoms with Gasteiger partial charge in [0.2, 0.25) is 0 Å². The van der Waals surface area contributed by atoms with Gasteiger partial charge in [-0.1, -0.05) is 33.6 Å². The topological polar surface area (TPSA) is 30.5 Å². The predicted octanol–water partition coefficient (Wildman–Crippen LogP) is 4.57. The second-order valence-corrected chi connectivity index (χ2v) is 5.78. The molecule has 0 radical (unpaired) electrons. The average molecular weight is 293 g/mol. The molecule has 2 atom stereocenters. The Morgan fingerprint density at radius 3 is 2.10 bits per heavy atom. The monoisotopic (exact) mass is 293 g/mol. The molecule has 0 aromatic heterocycles. The van der Waals surface area contributed by atoms with E-state index in [2.05, 4.69) is 38.2 Å². The van der Waals surface area contributed by atoms with E-state index in [1.165, 1.54) is 18.4 Å². The molecule has 3 heteroatoms. The summed E-state index contributed by atoms with van der Waals surface area (Å²) in [4.78, 5) is 0. The molecule has 1 rings (SSSR count). The van der Waals surface area contributed by atoms with Gasteiger partial charge in [0.25, 0.3) is 0 Å². The van der Waals surface area contributed by atoms with E-state index in [1.54, 1.807) is 14.2 Å². The molecule has 0 heterocycles. The fraction of sp³-hybridized carbons (Fsp3) is 0.667. The maximum atomic E-state index is 5.40. The summed E-state index contributed by atoms with van der Waals surface area (Å²) in [7, 11) is 3.40. The van der Waals surface area contributed by atoms with Crippen LogP contribution in [0.4, 0.5) is 0 Å². The SMILES string of the molecule is CCCNC(CC(C)CCC)c1cc(OC)cc(OC)c1. The molecular weight excluding hydrogens is 262 g/mol. The highest BCUT2D eigenvalue weighted by Gasteiger charge is 2.16. The smallest absolute Gasteiger partial charge is 0.122 e. The standard InChI is InChI=1S/C18H31NO2/c1-6-8-14(3)10-18(19-9-7-2)15-11-16(20-4)13-17(12-15)21-5/h11-14,18-19H,6-10H2,1-5H3. The van der Waals surface area contributed by atoms with Gasteiger partial charge in [0.05, 0.1) is 14.2 Å². The number of nitrogens with one attached hydrogen (secondary N) is 1. The molecular formula is C18H31NO2. The minimum absolute atomic E-state index is 0.357. The third kappa shape index (κ3) is 5.96. The maximum Gasteiger partial charge on any atom is 0.122 e. The van der Waals surface area contributed by atoms with Crippen molar-refractivity contribution < 1.29 is 9.47 Å². The number of methoxy groups -OCH3 is 2. The molecule has 1 N–H and O–H groups in total. The molecule has 3 nitrogen and oxygen atoms in total. The molecule has 2 unspecified atom stereocenters.